The van der Waals surface area contributed by atoms with Crippen molar-refractivity contribution in [1.82, 2.24) is 9.78 Å². The van der Waals surface area contributed by atoms with Crippen molar-refractivity contribution in [3.05, 3.63) is 72.6 Å². The number of anilines is 2. The lowest BCUT2D eigenvalue weighted by Gasteiger charge is -2.16. The van der Waals surface area contributed by atoms with Gasteiger partial charge in [-0.2, -0.15) is 5.10 Å². The Hall–Kier alpha value is -2.75. The molecular formula is C17H17N3O. The van der Waals surface area contributed by atoms with E-state index in [0.717, 1.165) is 17.9 Å². The van der Waals surface area contributed by atoms with Crippen LogP contribution in [0.1, 0.15) is 5.56 Å². The second kappa shape index (κ2) is 5.71. The van der Waals surface area contributed by atoms with E-state index in [2.05, 4.69) is 17.2 Å². The smallest absolute Gasteiger partial charge is 0.115 e. The second-order valence-electron chi connectivity index (χ2n) is 4.96. The highest BCUT2D eigenvalue weighted by atomic mass is 16.3. The number of hydrogen-bond donors (Lipinski definition) is 1. The summed E-state index contributed by atoms with van der Waals surface area (Å²) in [5, 5.41) is 13.7. The Balaban J connectivity index is 1.76. The van der Waals surface area contributed by atoms with E-state index in [-0.39, 0.29) is 5.75 Å². The molecule has 0 fully saturated rings. The molecule has 0 aliphatic heterocycles. The summed E-state index contributed by atoms with van der Waals surface area (Å²) < 4.78 is 1.92. The highest BCUT2D eigenvalue weighted by Crippen LogP contribution is 2.24. The van der Waals surface area contributed by atoms with Crippen LogP contribution in [0.25, 0.3) is 0 Å². The zero-order chi connectivity index (χ0) is 14.7. The standard InChI is InChI=1S/C17H17N3O/c1-19(15-7-9-17(21)10-8-15)16-11-18-20(13-16)12-14-5-3-2-4-6-14/h2-11,13,21H,12H2,1H3. The number of nitrogens with zero attached hydrogens (tertiary/aromatic N) is 3. The predicted molar refractivity (Wildman–Crippen MR) is 83.9 cm³/mol. The normalized spacial score (nSPS) is 10.5. The van der Waals surface area contributed by atoms with E-state index in [1.807, 2.05) is 59.4 Å². The fraction of sp³-hybridized carbons (Fsp3) is 0.118. The van der Waals surface area contributed by atoms with Crippen LogP contribution in [0.4, 0.5) is 11.4 Å². The van der Waals surface area contributed by atoms with Crippen molar-refractivity contribution in [3.8, 4) is 5.75 Å². The van der Waals surface area contributed by atoms with Gasteiger partial charge in [-0.1, -0.05) is 30.3 Å². The van der Waals surface area contributed by atoms with E-state index in [1.165, 1.54) is 5.56 Å². The summed E-state index contributed by atoms with van der Waals surface area (Å²) in [7, 11) is 1.98. The highest BCUT2D eigenvalue weighted by Gasteiger charge is 2.07. The lowest BCUT2D eigenvalue weighted by molar-refractivity contribution is 0.475. The first-order chi connectivity index (χ1) is 10.2. The molecule has 0 spiro atoms. The minimum Gasteiger partial charge on any atom is -0.508 e. The Kier molecular flexibility index (Phi) is 3.60. The number of rotatable bonds is 4. The molecule has 0 amide bonds. The molecule has 3 rings (SSSR count). The first kappa shape index (κ1) is 13.2. The molecule has 1 heterocycles. The SMILES string of the molecule is CN(c1ccc(O)cc1)c1cnn(Cc2ccccc2)c1. The van der Waals surface area contributed by atoms with Gasteiger partial charge in [-0.25, -0.2) is 0 Å². The first-order valence-corrected chi connectivity index (χ1v) is 6.81. The molecule has 0 aliphatic rings. The third kappa shape index (κ3) is 3.05. The van der Waals surface area contributed by atoms with Crippen LogP contribution >= 0.6 is 0 Å². The van der Waals surface area contributed by atoms with E-state index in [4.69, 9.17) is 0 Å². The minimum absolute atomic E-state index is 0.270. The fourth-order valence-corrected chi connectivity index (χ4v) is 2.21. The molecule has 21 heavy (non-hydrogen) atoms. The van der Waals surface area contributed by atoms with Gasteiger partial charge in [0.15, 0.2) is 0 Å². The average molecular weight is 279 g/mol. The van der Waals surface area contributed by atoms with Crippen LogP contribution in [0.15, 0.2) is 67.0 Å². The zero-order valence-electron chi connectivity index (χ0n) is 11.8. The minimum atomic E-state index is 0.270. The third-order valence-electron chi connectivity index (χ3n) is 3.43. The average Bonchev–Trinajstić information content (AvgIpc) is 2.97. The molecule has 4 heteroatoms. The number of phenolic OH excluding ortho intramolecular Hbond substituents is 1. The van der Waals surface area contributed by atoms with Crippen molar-refractivity contribution in [2.24, 2.45) is 0 Å². The molecular weight excluding hydrogens is 262 g/mol. The Bertz CT molecular complexity index is 704. The van der Waals surface area contributed by atoms with Gasteiger partial charge in [-0.15, -0.1) is 0 Å². The Morgan fingerprint density at radius 2 is 1.71 bits per heavy atom. The van der Waals surface area contributed by atoms with Gasteiger partial charge in [0.05, 0.1) is 18.4 Å². The quantitative estimate of drug-likeness (QED) is 0.795. The summed E-state index contributed by atoms with van der Waals surface area (Å²) in [6.07, 6.45) is 3.86. The Labute approximate surface area is 123 Å². The van der Waals surface area contributed by atoms with Crippen LogP contribution < -0.4 is 4.90 Å². The molecule has 1 N–H and O–H groups in total. The molecule has 2 aromatic carbocycles. The van der Waals surface area contributed by atoms with Crippen LogP contribution in [0.2, 0.25) is 0 Å². The summed E-state index contributed by atoms with van der Waals surface area (Å²) in [4.78, 5) is 2.04. The van der Waals surface area contributed by atoms with Crippen LogP contribution in [-0.2, 0) is 6.54 Å². The maximum atomic E-state index is 9.34. The molecule has 0 saturated carbocycles. The van der Waals surface area contributed by atoms with Crippen molar-refractivity contribution < 1.29 is 5.11 Å². The maximum absolute atomic E-state index is 9.34. The van der Waals surface area contributed by atoms with Gasteiger partial charge < -0.3 is 10.0 Å². The van der Waals surface area contributed by atoms with Crippen LogP contribution in [0, 0.1) is 0 Å². The summed E-state index contributed by atoms with van der Waals surface area (Å²) in [5.74, 6) is 0.270. The number of hydrogen-bond acceptors (Lipinski definition) is 3. The van der Waals surface area contributed by atoms with E-state index in [1.54, 1.807) is 12.1 Å². The number of benzene rings is 2. The summed E-state index contributed by atoms with van der Waals surface area (Å²) >= 11 is 0. The van der Waals surface area contributed by atoms with Gasteiger partial charge >= 0.3 is 0 Å². The van der Waals surface area contributed by atoms with Gasteiger partial charge in [0.2, 0.25) is 0 Å². The topological polar surface area (TPSA) is 41.3 Å². The summed E-state index contributed by atoms with van der Waals surface area (Å²) in [6, 6.07) is 17.4. The van der Waals surface area contributed by atoms with Crippen molar-refractivity contribution in [3.63, 3.8) is 0 Å². The van der Waals surface area contributed by atoms with Gasteiger partial charge in [0, 0.05) is 18.9 Å². The molecule has 3 aromatic rings. The molecule has 0 saturated heterocycles. The van der Waals surface area contributed by atoms with Crippen molar-refractivity contribution in [2.75, 3.05) is 11.9 Å². The van der Waals surface area contributed by atoms with E-state index < -0.39 is 0 Å². The van der Waals surface area contributed by atoms with Gasteiger partial charge in [-0.05, 0) is 29.8 Å². The molecule has 4 nitrogen and oxygen atoms in total. The van der Waals surface area contributed by atoms with Gasteiger partial charge in [0.1, 0.15) is 5.75 Å². The van der Waals surface area contributed by atoms with E-state index in [9.17, 15) is 5.11 Å². The molecule has 0 atom stereocenters. The molecule has 1 aromatic heterocycles. The molecule has 0 radical (unpaired) electrons. The lowest BCUT2D eigenvalue weighted by Crippen LogP contribution is -2.08. The highest BCUT2D eigenvalue weighted by molar-refractivity contribution is 5.61. The largest absolute Gasteiger partial charge is 0.508 e. The predicted octanol–water partition coefficient (Wildman–Crippen LogP) is 3.40. The van der Waals surface area contributed by atoms with E-state index >= 15 is 0 Å². The fourth-order valence-electron chi connectivity index (χ4n) is 2.21. The van der Waals surface area contributed by atoms with Gasteiger partial charge in [0.25, 0.3) is 0 Å². The van der Waals surface area contributed by atoms with Crippen LogP contribution in [0.5, 0.6) is 5.75 Å². The zero-order valence-corrected chi connectivity index (χ0v) is 11.8. The maximum Gasteiger partial charge on any atom is 0.115 e. The first-order valence-electron chi connectivity index (χ1n) is 6.81. The van der Waals surface area contributed by atoms with Crippen molar-refractivity contribution in [2.45, 2.75) is 6.54 Å². The Morgan fingerprint density at radius 3 is 2.43 bits per heavy atom. The summed E-state index contributed by atoms with van der Waals surface area (Å²) in [5.41, 5.74) is 3.24. The molecule has 0 aliphatic carbocycles. The molecule has 106 valence electrons. The molecule has 0 unspecified atom stereocenters. The lowest BCUT2D eigenvalue weighted by atomic mass is 10.2. The van der Waals surface area contributed by atoms with E-state index in [0.29, 0.717) is 0 Å². The van der Waals surface area contributed by atoms with Crippen molar-refractivity contribution in [1.29, 1.82) is 0 Å². The Morgan fingerprint density at radius 1 is 1.00 bits per heavy atom. The van der Waals surface area contributed by atoms with Crippen molar-refractivity contribution >= 4 is 11.4 Å². The number of aromatic hydroxyl groups is 1. The van der Waals surface area contributed by atoms with Gasteiger partial charge in [-0.3, -0.25) is 4.68 Å². The summed E-state index contributed by atoms with van der Waals surface area (Å²) in [6.45, 7) is 0.754. The number of aromatic nitrogens is 2. The third-order valence-corrected chi connectivity index (χ3v) is 3.43. The number of phenols is 1. The van der Waals surface area contributed by atoms with Crippen LogP contribution in [-0.4, -0.2) is 21.9 Å². The second-order valence-corrected chi connectivity index (χ2v) is 4.96. The van der Waals surface area contributed by atoms with Crippen LogP contribution in [0.3, 0.4) is 0 Å². The molecule has 0 bridgehead atoms. The monoisotopic (exact) mass is 279 g/mol.